The molecular formula is C89H111N11O10. The van der Waals surface area contributed by atoms with Crippen molar-refractivity contribution in [2.24, 2.45) is 11.8 Å². The zero-order valence-corrected chi connectivity index (χ0v) is 64.1. The van der Waals surface area contributed by atoms with Gasteiger partial charge in [-0.15, -0.1) is 0 Å². The van der Waals surface area contributed by atoms with E-state index >= 15 is 28.8 Å². The Morgan fingerprint density at radius 3 is 1.19 bits per heavy atom. The highest BCUT2D eigenvalue weighted by Crippen LogP contribution is 2.40. The second kappa shape index (κ2) is 40.3. The smallest absolute Gasteiger partial charge is 0.255 e. The highest BCUT2D eigenvalue weighted by Gasteiger charge is 2.53. The maximum atomic E-state index is 15.3. The van der Waals surface area contributed by atoms with Crippen molar-refractivity contribution in [3.05, 3.63) is 251 Å². The first-order valence-corrected chi connectivity index (χ1v) is 39.7. The van der Waals surface area contributed by atoms with Gasteiger partial charge in [0.25, 0.3) is 5.91 Å². The van der Waals surface area contributed by atoms with E-state index in [1.807, 2.05) is 196 Å². The lowest BCUT2D eigenvalue weighted by Gasteiger charge is -2.38. The maximum Gasteiger partial charge on any atom is 0.255 e. The molecule has 9 N–H and O–H groups in total. The predicted molar refractivity (Wildman–Crippen MR) is 425 cm³/mol. The van der Waals surface area contributed by atoms with Crippen molar-refractivity contribution >= 4 is 47.1 Å². The second-order valence-electron chi connectivity index (χ2n) is 29.7. The van der Waals surface area contributed by atoms with E-state index in [0.717, 1.165) is 22.3 Å². The second-order valence-corrected chi connectivity index (χ2v) is 29.7. The number of benzene rings is 7. The number of fused-ring (bicyclic) bond motifs is 2. The van der Waals surface area contributed by atoms with E-state index in [9.17, 15) is 9.59 Å². The summed E-state index contributed by atoms with van der Waals surface area (Å²) in [7, 11) is 3.46. The SMILES string of the molecule is CC[C@H](NC)C(=O)N[C@@H]1C(=O)N2[C@@H](CC[C@@H]1CCNCc1ccccc1)CC[C@H]2C(=O)NC(C(=O)CCCOCc1ccc(COCCNC(=O)C(NC(=O)[C@@H]2CC[C@@H]3CC[C@H](CCNCc4ccccc4)[C@H](NC(=O)[C@H](CC)NC)C(=O)N32)(c2ccccc2)c2ccccc2)cc1)(c1ccccc1)c1ccccc1. The van der Waals surface area contributed by atoms with Crippen LogP contribution >= 0.6 is 0 Å². The average Bonchev–Trinajstić information content (AvgIpc) is 1.72. The fourth-order valence-corrected chi connectivity index (χ4v) is 16.8. The summed E-state index contributed by atoms with van der Waals surface area (Å²) in [5.74, 6) is -3.08. The topological polar surface area (TPSA) is 270 Å². The van der Waals surface area contributed by atoms with Gasteiger partial charge in [0.15, 0.2) is 11.3 Å². The summed E-state index contributed by atoms with van der Waals surface area (Å²) < 4.78 is 12.4. The highest BCUT2D eigenvalue weighted by molar-refractivity contribution is 6.01. The zero-order valence-electron chi connectivity index (χ0n) is 64.1. The Morgan fingerprint density at radius 2 is 0.800 bits per heavy atom. The molecule has 0 bridgehead atoms. The Kier molecular flexibility index (Phi) is 29.7. The van der Waals surface area contributed by atoms with Crippen LogP contribution in [-0.2, 0) is 85.2 Å². The van der Waals surface area contributed by atoms with Crippen LogP contribution < -0.4 is 47.9 Å². The van der Waals surface area contributed by atoms with Gasteiger partial charge in [-0.3, -0.25) is 38.4 Å². The minimum atomic E-state index is -1.73. The molecule has 0 saturated carbocycles. The number of ether oxygens (including phenoxy) is 2. The summed E-state index contributed by atoms with van der Waals surface area (Å²) in [6.45, 7) is 7.45. The fraction of sp³-hybridized carbons (Fsp3) is 0.438. The molecule has 11 rings (SSSR count). The number of nitrogens with one attached hydrogen (secondary N) is 9. The minimum Gasteiger partial charge on any atom is -0.377 e. The third-order valence-electron chi connectivity index (χ3n) is 22.8. The lowest BCUT2D eigenvalue weighted by atomic mass is 9.77. The van der Waals surface area contributed by atoms with E-state index in [1.54, 1.807) is 23.9 Å². The molecule has 0 aromatic heterocycles. The number of amides is 7. The van der Waals surface area contributed by atoms with E-state index in [1.165, 1.54) is 0 Å². The fourth-order valence-electron chi connectivity index (χ4n) is 16.8. The quantitative estimate of drug-likeness (QED) is 0.0163. The standard InChI is InChI=1S/C89H111N11O10/c1-5-74(90-3)81(102)95-79-66(51-53-92-58-62-26-13-7-14-27-62)43-45-72-47-49-76(99(72)85(79)106)83(104)97-88(68-30-17-9-18-31-68,69-32-19-10-20-33-69)78(101)38-25-56-109-60-64-39-41-65(42-40-64)61-110-57-55-94-87(108)89(70-34-21-11-22-35-70,71-36-23-12-24-37-71)98-84(105)77-50-48-73-46-44-67(52-54-93-59-63-28-15-8-16-29-63)80(86(107)100(73)77)96-82(103)75(6-2)91-4/h7-24,26-37,39-42,66-67,72-77,79-80,90-93H,5-6,25,38,43-61H2,1-4H3,(H,94,108)(H,95,102)(H,96,103)(H,97,104)(H,98,105)/t66-,67-,72+,73+,74+,75+,76+,77+,79+,80+/m1/s1. The van der Waals surface area contributed by atoms with Gasteiger partial charge >= 0.3 is 0 Å². The number of nitrogens with zero attached hydrogens (tertiary/aromatic N) is 2. The molecule has 4 aliphatic rings. The van der Waals surface area contributed by atoms with Crippen LogP contribution in [0.3, 0.4) is 0 Å². The number of Topliss-reactive ketones (excluding diaryl/α,β-unsaturated/α-hetero) is 1. The van der Waals surface area contributed by atoms with Crippen LogP contribution in [0.15, 0.2) is 206 Å². The molecule has 0 radical (unpaired) electrons. The Labute approximate surface area is 648 Å². The van der Waals surface area contributed by atoms with Crippen LogP contribution in [0.5, 0.6) is 0 Å². The van der Waals surface area contributed by atoms with Crippen molar-refractivity contribution in [3.63, 3.8) is 0 Å². The normalized spacial score (nSPS) is 20.4. The maximum absolute atomic E-state index is 15.3. The van der Waals surface area contributed by atoms with Gasteiger partial charge in [-0.2, -0.15) is 0 Å². The molecule has 4 saturated heterocycles. The summed E-state index contributed by atoms with van der Waals surface area (Å²) in [5, 5.41) is 29.2. The van der Waals surface area contributed by atoms with Gasteiger partial charge in [0.05, 0.1) is 31.9 Å². The first-order valence-electron chi connectivity index (χ1n) is 39.7. The highest BCUT2D eigenvalue weighted by atomic mass is 16.5. The van der Waals surface area contributed by atoms with Crippen LogP contribution in [0.1, 0.15) is 148 Å². The van der Waals surface area contributed by atoms with Crippen molar-refractivity contribution < 1.29 is 47.8 Å². The van der Waals surface area contributed by atoms with Crippen molar-refractivity contribution in [2.45, 2.75) is 189 Å². The van der Waals surface area contributed by atoms with E-state index in [2.05, 4.69) is 72.1 Å². The summed E-state index contributed by atoms with van der Waals surface area (Å²) >= 11 is 0. The Balaban J connectivity index is 0.701. The largest absolute Gasteiger partial charge is 0.377 e. The van der Waals surface area contributed by atoms with E-state index in [4.69, 9.17) is 9.47 Å². The third kappa shape index (κ3) is 19.9. The molecule has 7 aromatic carbocycles. The van der Waals surface area contributed by atoms with Gasteiger partial charge in [-0.25, -0.2) is 0 Å². The lowest BCUT2D eigenvalue weighted by molar-refractivity contribution is -0.145. The van der Waals surface area contributed by atoms with Gasteiger partial charge in [-0.05, 0) is 167 Å². The molecule has 4 heterocycles. The molecule has 21 heteroatoms. The molecule has 0 aliphatic carbocycles. The molecule has 21 nitrogen and oxygen atoms in total. The van der Waals surface area contributed by atoms with E-state index in [-0.39, 0.29) is 92.7 Å². The molecule has 7 amide bonds. The average molecular weight is 1490 g/mol. The first kappa shape index (κ1) is 81.3. The Morgan fingerprint density at radius 1 is 0.436 bits per heavy atom. The van der Waals surface area contributed by atoms with Gasteiger partial charge in [0.2, 0.25) is 35.4 Å². The molecule has 7 aromatic rings. The molecular weight excluding hydrogens is 1380 g/mol. The summed E-state index contributed by atoms with van der Waals surface area (Å²) in [4.78, 5) is 123. The number of hydrogen-bond acceptors (Lipinski definition) is 14. The number of carbonyl (C=O) groups is 8. The number of hydrogen-bond donors (Lipinski definition) is 9. The van der Waals surface area contributed by atoms with E-state index < -0.39 is 65.1 Å². The number of rotatable bonds is 39. The van der Waals surface area contributed by atoms with Crippen LogP contribution in [0.4, 0.5) is 0 Å². The summed E-state index contributed by atoms with van der Waals surface area (Å²) in [6.07, 6.45) is 7.43. The monoisotopic (exact) mass is 1490 g/mol. The number of carbonyl (C=O) groups excluding carboxylic acids is 8. The first-order chi connectivity index (χ1) is 53.7. The molecule has 4 fully saturated rings. The molecule has 10 atom stereocenters. The Bertz CT molecular complexity index is 3760. The molecule has 110 heavy (non-hydrogen) atoms. The molecule has 4 aliphatic heterocycles. The summed E-state index contributed by atoms with van der Waals surface area (Å²) in [6, 6.07) is 59.9. The van der Waals surface area contributed by atoms with Gasteiger partial charge in [0.1, 0.15) is 29.7 Å². The van der Waals surface area contributed by atoms with Gasteiger partial charge in [-0.1, -0.05) is 220 Å². The van der Waals surface area contributed by atoms with E-state index in [0.29, 0.717) is 132 Å². The van der Waals surface area contributed by atoms with Crippen LogP contribution in [0.2, 0.25) is 0 Å². The van der Waals surface area contributed by atoms with Gasteiger partial charge < -0.3 is 67.1 Å². The van der Waals surface area contributed by atoms with Gasteiger partial charge in [0, 0.05) is 44.7 Å². The predicted octanol–water partition coefficient (Wildman–Crippen LogP) is 9.17. The van der Waals surface area contributed by atoms with Crippen LogP contribution in [-0.4, -0.2) is 152 Å². The van der Waals surface area contributed by atoms with Crippen LogP contribution in [0.25, 0.3) is 0 Å². The van der Waals surface area contributed by atoms with Crippen molar-refractivity contribution in [2.75, 3.05) is 46.9 Å². The molecule has 0 spiro atoms. The van der Waals surface area contributed by atoms with Crippen molar-refractivity contribution in [3.8, 4) is 0 Å². The summed E-state index contributed by atoms with van der Waals surface area (Å²) in [5.41, 5.74) is 2.98. The molecule has 0 unspecified atom stereocenters. The third-order valence-corrected chi connectivity index (χ3v) is 22.8. The van der Waals surface area contributed by atoms with Crippen molar-refractivity contribution in [1.82, 2.24) is 57.7 Å². The zero-order chi connectivity index (χ0) is 77.2. The van der Waals surface area contributed by atoms with Crippen LogP contribution in [0, 0.1) is 11.8 Å². The number of ketones is 1. The molecule has 582 valence electrons. The Hall–Kier alpha value is -9.74. The van der Waals surface area contributed by atoms with Crippen molar-refractivity contribution in [1.29, 1.82) is 0 Å². The lowest BCUT2D eigenvalue weighted by Crippen LogP contribution is -2.62. The number of likely N-dealkylation sites (N-methyl/N-ethyl adjacent to an activating group) is 2. The minimum absolute atomic E-state index is 0.0568.